The third-order valence-electron chi connectivity index (χ3n) is 6.89. The summed E-state index contributed by atoms with van der Waals surface area (Å²) in [7, 11) is 0. The summed E-state index contributed by atoms with van der Waals surface area (Å²) in [4.78, 5) is 20.2. The normalized spacial score (nSPS) is 15.3. The van der Waals surface area contributed by atoms with Gasteiger partial charge in [-0.3, -0.25) is 9.78 Å². The van der Waals surface area contributed by atoms with E-state index in [9.17, 15) is 4.79 Å². The van der Waals surface area contributed by atoms with Crippen LogP contribution >= 0.6 is 0 Å². The summed E-state index contributed by atoms with van der Waals surface area (Å²) in [6, 6.07) is 12.6. The highest BCUT2D eigenvalue weighted by atomic mass is 16.2. The molecular formula is C28H40N6O. The highest BCUT2D eigenvalue weighted by Gasteiger charge is 2.13. The second kappa shape index (κ2) is 13.4. The molecule has 4 rings (SSSR count). The van der Waals surface area contributed by atoms with Crippen molar-refractivity contribution >= 4 is 16.8 Å². The van der Waals surface area contributed by atoms with Gasteiger partial charge in [-0.1, -0.05) is 31.4 Å². The number of amides is 1. The number of aromatic nitrogens is 2. The molecule has 188 valence electrons. The quantitative estimate of drug-likeness (QED) is 0.242. The van der Waals surface area contributed by atoms with Crippen LogP contribution in [0.25, 0.3) is 10.9 Å². The third kappa shape index (κ3) is 7.88. The molecule has 0 saturated heterocycles. The van der Waals surface area contributed by atoms with Gasteiger partial charge in [-0.25, -0.2) is 0 Å². The van der Waals surface area contributed by atoms with Crippen LogP contribution in [0.3, 0.4) is 0 Å². The Balaban J connectivity index is 1.19. The van der Waals surface area contributed by atoms with E-state index < -0.39 is 0 Å². The van der Waals surface area contributed by atoms with Crippen molar-refractivity contribution in [1.29, 1.82) is 0 Å². The van der Waals surface area contributed by atoms with Crippen LogP contribution < -0.4 is 21.3 Å². The van der Waals surface area contributed by atoms with Crippen LogP contribution in [0.1, 0.15) is 62.3 Å². The third-order valence-corrected chi connectivity index (χ3v) is 6.89. The first-order valence-corrected chi connectivity index (χ1v) is 13.1. The average Bonchev–Trinajstić information content (AvgIpc) is 3.31. The van der Waals surface area contributed by atoms with Crippen LogP contribution in [0, 0.1) is 0 Å². The van der Waals surface area contributed by atoms with Gasteiger partial charge in [0.2, 0.25) is 5.91 Å². The van der Waals surface area contributed by atoms with Crippen molar-refractivity contribution in [3.63, 3.8) is 0 Å². The lowest BCUT2D eigenvalue weighted by Crippen LogP contribution is -2.41. The number of hydrogen-bond acceptors (Lipinski definition) is 5. The topological polar surface area (TPSA) is 93.9 Å². The minimum absolute atomic E-state index is 0.0150. The summed E-state index contributed by atoms with van der Waals surface area (Å²) in [5.41, 5.74) is 4.41. The van der Waals surface area contributed by atoms with Gasteiger partial charge in [0.05, 0.1) is 11.7 Å². The molecule has 0 aliphatic heterocycles. The predicted octanol–water partition coefficient (Wildman–Crippen LogP) is 3.76. The van der Waals surface area contributed by atoms with E-state index in [1.165, 1.54) is 43.1 Å². The second-order valence-corrected chi connectivity index (χ2v) is 9.65. The fraction of sp³-hybridized carbons (Fsp3) is 0.500. The minimum Gasteiger partial charge on any atom is -0.361 e. The summed E-state index contributed by atoms with van der Waals surface area (Å²) in [5, 5.41) is 14.8. The van der Waals surface area contributed by atoms with Crippen molar-refractivity contribution in [2.75, 3.05) is 13.1 Å². The van der Waals surface area contributed by atoms with E-state index in [0.29, 0.717) is 13.1 Å². The summed E-state index contributed by atoms with van der Waals surface area (Å²) in [6.07, 6.45) is 11.8. The van der Waals surface area contributed by atoms with Gasteiger partial charge in [-0.05, 0) is 74.7 Å². The summed E-state index contributed by atoms with van der Waals surface area (Å²) < 4.78 is 0. The van der Waals surface area contributed by atoms with Gasteiger partial charge in [0.1, 0.15) is 0 Å². The molecule has 1 saturated carbocycles. The Morgan fingerprint density at radius 3 is 2.80 bits per heavy atom. The molecule has 2 aromatic heterocycles. The van der Waals surface area contributed by atoms with Crippen LogP contribution in [-0.4, -0.2) is 41.0 Å². The molecular weight excluding hydrogens is 436 g/mol. The lowest BCUT2D eigenvalue weighted by molar-refractivity contribution is -0.122. The first-order valence-electron chi connectivity index (χ1n) is 13.1. The molecule has 1 aliphatic rings. The zero-order chi connectivity index (χ0) is 24.3. The second-order valence-electron chi connectivity index (χ2n) is 9.65. The number of benzene rings is 1. The Hall–Kier alpha value is -2.74. The molecule has 1 fully saturated rings. The highest BCUT2D eigenvalue weighted by molar-refractivity contribution is 5.84. The number of pyridine rings is 1. The Bertz CT molecular complexity index is 1040. The van der Waals surface area contributed by atoms with Crippen molar-refractivity contribution in [2.24, 2.45) is 0 Å². The number of fused-ring (bicyclic) bond motifs is 1. The smallest absolute Gasteiger partial charge is 0.237 e. The maximum absolute atomic E-state index is 12.5. The summed E-state index contributed by atoms with van der Waals surface area (Å²) in [6.45, 7) is 5.89. The van der Waals surface area contributed by atoms with Gasteiger partial charge in [0.15, 0.2) is 0 Å². The molecule has 3 aromatic rings. The van der Waals surface area contributed by atoms with Gasteiger partial charge in [-0.2, -0.15) is 0 Å². The Morgan fingerprint density at radius 1 is 1.09 bits per heavy atom. The van der Waals surface area contributed by atoms with E-state index in [-0.39, 0.29) is 11.9 Å². The maximum atomic E-state index is 12.5. The molecule has 1 aromatic carbocycles. The van der Waals surface area contributed by atoms with E-state index >= 15 is 0 Å². The number of hydrogen-bond donors (Lipinski definition) is 5. The van der Waals surface area contributed by atoms with Gasteiger partial charge in [0, 0.05) is 49.0 Å². The lowest BCUT2D eigenvalue weighted by atomic mass is 9.95. The van der Waals surface area contributed by atoms with Crippen molar-refractivity contribution in [3.05, 3.63) is 65.6 Å². The Morgan fingerprint density at radius 2 is 1.97 bits per heavy atom. The molecule has 5 N–H and O–H groups in total. The number of carbonyl (C=O) groups is 1. The molecule has 0 unspecified atom stereocenters. The molecule has 7 heteroatoms. The van der Waals surface area contributed by atoms with Gasteiger partial charge in [0.25, 0.3) is 0 Å². The largest absolute Gasteiger partial charge is 0.361 e. The molecule has 0 bridgehead atoms. The number of aromatic amines is 1. The molecule has 1 aliphatic carbocycles. The van der Waals surface area contributed by atoms with Gasteiger partial charge < -0.3 is 26.3 Å². The standard InChI is InChI=1S/C28H40N6O/c1-21(32-20-25-10-5-6-14-31-25)28(35)34-17-22-11-12-27-26(16-22)23(19-33-27)18-29-13-7-15-30-24-8-3-2-4-9-24/h5-6,10-12,14,16,19,21,24,29-30,32-33H,2-4,7-9,13,15,17-18,20H2,1H3,(H,34,35)/t21-/m0/s1. The van der Waals surface area contributed by atoms with Crippen molar-refractivity contribution < 1.29 is 4.79 Å². The van der Waals surface area contributed by atoms with Crippen molar-refractivity contribution in [1.82, 2.24) is 31.2 Å². The number of nitrogens with one attached hydrogen (secondary N) is 5. The highest BCUT2D eigenvalue weighted by Crippen LogP contribution is 2.20. The zero-order valence-corrected chi connectivity index (χ0v) is 20.9. The van der Waals surface area contributed by atoms with E-state index in [1.54, 1.807) is 6.20 Å². The van der Waals surface area contributed by atoms with Crippen molar-refractivity contribution in [3.8, 4) is 0 Å². The molecule has 0 radical (unpaired) electrons. The number of rotatable bonds is 13. The monoisotopic (exact) mass is 476 g/mol. The van der Waals surface area contributed by atoms with Gasteiger partial charge in [-0.15, -0.1) is 0 Å². The van der Waals surface area contributed by atoms with Crippen LogP contribution in [0.15, 0.2) is 48.8 Å². The van der Waals surface area contributed by atoms with Crippen LogP contribution in [0.2, 0.25) is 0 Å². The SMILES string of the molecule is C[C@H](NCc1ccccn1)C(=O)NCc1ccc2[nH]cc(CNCCCNC3CCCCC3)c2c1. The predicted molar refractivity (Wildman–Crippen MR) is 142 cm³/mol. The van der Waals surface area contributed by atoms with E-state index in [0.717, 1.165) is 48.9 Å². The average molecular weight is 477 g/mol. The minimum atomic E-state index is -0.291. The molecule has 1 atom stereocenters. The molecule has 35 heavy (non-hydrogen) atoms. The number of carbonyl (C=O) groups excluding carboxylic acids is 1. The first kappa shape index (κ1) is 25.4. The van der Waals surface area contributed by atoms with Crippen LogP contribution in [0.5, 0.6) is 0 Å². The zero-order valence-electron chi connectivity index (χ0n) is 20.9. The molecule has 1 amide bonds. The fourth-order valence-corrected chi connectivity index (χ4v) is 4.73. The molecule has 7 nitrogen and oxygen atoms in total. The van der Waals surface area contributed by atoms with Gasteiger partial charge >= 0.3 is 0 Å². The summed E-state index contributed by atoms with van der Waals surface area (Å²) in [5.74, 6) is -0.0150. The van der Waals surface area contributed by atoms with E-state index in [1.807, 2.05) is 25.1 Å². The van der Waals surface area contributed by atoms with Crippen LogP contribution in [0.4, 0.5) is 0 Å². The Kier molecular flexibility index (Phi) is 9.69. The van der Waals surface area contributed by atoms with E-state index in [2.05, 4.69) is 55.6 Å². The number of nitrogens with zero attached hydrogens (tertiary/aromatic N) is 1. The van der Waals surface area contributed by atoms with Crippen molar-refractivity contribution in [2.45, 2.75) is 77.2 Å². The Labute approximate surface area is 208 Å². The summed E-state index contributed by atoms with van der Waals surface area (Å²) >= 11 is 0. The number of H-pyrrole nitrogens is 1. The van der Waals surface area contributed by atoms with E-state index in [4.69, 9.17) is 0 Å². The molecule has 0 spiro atoms. The fourth-order valence-electron chi connectivity index (χ4n) is 4.73. The molecule has 2 heterocycles. The van der Waals surface area contributed by atoms with Crippen LogP contribution in [-0.2, 0) is 24.4 Å². The first-order chi connectivity index (χ1) is 17.2. The lowest BCUT2D eigenvalue weighted by Gasteiger charge is -2.22. The maximum Gasteiger partial charge on any atom is 0.237 e.